The zero-order valence-corrected chi connectivity index (χ0v) is 14.0. The predicted molar refractivity (Wildman–Crippen MR) is 93.6 cm³/mol. The number of pyridine rings is 1. The van der Waals surface area contributed by atoms with Crippen LogP contribution in [0, 0.1) is 11.3 Å². The summed E-state index contributed by atoms with van der Waals surface area (Å²) < 4.78 is 1.95. The first kappa shape index (κ1) is 14.9. The molecule has 0 unspecified atom stereocenters. The van der Waals surface area contributed by atoms with Gasteiger partial charge in [-0.25, -0.2) is 9.97 Å². The summed E-state index contributed by atoms with van der Waals surface area (Å²) in [6.07, 6.45) is 6.00. The lowest BCUT2D eigenvalue weighted by atomic mass is 9.97. The van der Waals surface area contributed by atoms with E-state index in [4.69, 9.17) is 11.6 Å². The van der Waals surface area contributed by atoms with E-state index in [1.54, 1.807) is 6.20 Å². The fraction of sp³-hybridized carbons (Fsp3) is 0.211. The average molecular weight is 335 g/mol. The Labute approximate surface area is 145 Å². The number of imidazole rings is 1. The Hall–Kier alpha value is -2.64. The van der Waals surface area contributed by atoms with Crippen LogP contribution in [0.4, 0.5) is 0 Å². The molecule has 1 fully saturated rings. The molecule has 1 saturated carbocycles. The van der Waals surface area contributed by atoms with Crippen molar-refractivity contribution in [2.24, 2.45) is 7.05 Å². The average Bonchev–Trinajstić information content (AvgIpc) is 3.35. The van der Waals surface area contributed by atoms with Crippen LogP contribution in [-0.4, -0.2) is 14.5 Å². The van der Waals surface area contributed by atoms with Crippen LogP contribution in [-0.2, 0) is 7.05 Å². The normalized spacial score (nSPS) is 13.7. The Kier molecular flexibility index (Phi) is 3.59. The summed E-state index contributed by atoms with van der Waals surface area (Å²) in [5, 5.41) is 9.76. The van der Waals surface area contributed by atoms with Gasteiger partial charge in [-0.15, -0.1) is 0 Å². The number of benzene rings is 1. The number of nitrogens with zero attached hydrogens (tertiary/aromatic N) is 4. The lowest BCUT2D eigenvalue weighted by Gasteiger charge is -2.12. The zero-order valence-electron chi connectivity index (χ0n) is 13.2. The van der Waals surface area contributed by atoms with E-state index in [1.165, 1.54) is 12.8 Å². The summed E-state index contributed by atoms with van der Waals surface area (Å²) in [4.78, 5) is 8.90. The van der Waals surface area contributed by atoms with Gasteiger partial charge in [-0.1, -0.05) is 17.7 Å². The van der Waals surface area contributed by atoms with E-state index in [1.807, 2.05) is 42.1 Å². The molecule has 1 aliphatic rings. The van der Waals surface area contributed by atoms with Crippen LogP contribution in [0.25, 0.3) is 22.5 Å². The minimum absolute atomic E-state index is 0.504. The van der Waals surface area contributed by atoms with Gasteiger partial charge in [0.15, 0.2) is 0 Å². The predicted octanol–water partition coefficient (Wildman–Crippen LogP) is 4.55. The van der Waals surface area contributed by atoms with Crippen LogP contribution in [0.3, 0.4) is 0 Å². The van der Waals surface area contributed by atoms with Crippen LogP contribution in [0.1, 0.15) is 30.0 Å². The summed E-state index contributed by atoms with van der Waals surface area (Å²) in [6, 6.07) is 11.9. The molecule has 4 nitrogen and oxygen atoms in total. The molecule has 0 N–H and O–H groups in total. The number of halogens is 1. The molecule has 1 aromatic carbocycles. The smallest absolute Gasteiger partial charge is 0.140 e. The number of aromatic nitrogens is 3. The summed E-state index contributed by atoms with van der Waals surface area (Å²) >= 11 is 6.25. The highest BCUT2D eigenvalue weighted by molar-refractivity contribution is 6.29. The van der Waals surface area contributed by atoms with Crippen molar-refractivity contribution >= 4 is 11.6 Å². The maximum Gasteiger partial charge on any atom is 0.140 e. The van der Waals surface area contributed by atoms with Gasteiger partial charge in [-0.2, -0.15) is 5.26 Å². The third-order valence-electron chi connectivity index (χ3n) is 4.33. The summed E-state index contributed by atoms with van der Waals surface area (Å²) in [6.45, 7) is 0. The molecule has 118 valence electrons. The van der Waals surface area contributed by atoms with Crippen LogP contribution in [0.5, 0.6) is 0 Å². The third-order valence-corrected chi connectivity index (χ3v) is 4.52. The standard InChI is InChI=1S/C19H15ClN4/c1-24-7-6-22-19(24)16-8-12(11-21)2-5-15(16)14-9-17(13-3-4-13)23-18(20)10-14/h2,5-10,13H,3-4H2,1H3. The molecule has 0 bridgehead atoms. The Balaban J connectivity index is 1.92. The van der Waals surface area contributed by atoms with Gasteiger partial charge in [0.1, 0.15) is 11.0 Å². The summed E-state index contributed by atoms with van der Waals surface area (Å²) in [5.41, 5.74) is 4.60. The molecule has 4 rings (SSSR count). The molecule has 0 amide bonds. The van der Waals surface area contributed by atoms with Crippen molar-refractivity contribution in [3.05, 3.63) is 59.1 Å². The van der Waals surface area contributed by atoms with E-state index in [2.05, 4.69) is 22.1 Å². The molecule has 2 heterocycles. The molecule has 1 aliphatic carbocycles. The number of aryl methyl sites for hydroxylation is 1. The molecule has 0 atom stereocenters. The molecule has 24 heavy (non-hydrogen) atoms. The van der Waals surface area contributed by atoms with Gasteiger partial charge in [-0.3, -0.25) is 0 Å². The second-order valence-electron chi connectivity index (χ2n) is 6.11. The fourth-order valence-corrected chi connectivity index (χ4v) is 3.15. The Morgan fingerprint density at radius 2 is 2.04 bits per heavy atom. The van der Waals surface area contributed by atoms with Gasteiger partial charge in [0, 0.05) is 36.6 Å². The van der Waals surface area contributed by atoms with Gasteiger partial charge >= 0.3 is 0 Å². The number of hydrogen-bond acceptors (Lipinski definition) is 3. The molecule has 0 aliphatic heterocycles. The van der Waals surface area contributed by atoms with Crippen molar-refractivity contribution in [3.63, 3.8) is 0 Å². The maximum atomic E-state index is 9.25. The van der Waals surface area contributed by atoms with Gasteiger partial charge in [0.25, 0.3) is 0 Å². The fourth-order valence-electron chi connectivity index (χ4n) is 2.94. The van der Waals surface area contributed by atoms with E-state index in [9.17, 15) is 5.26 Å². The van der Waals surface area contributed by atoms with E-state index in [-0.39, 0.29) is 0 Å². The zero-order chi connectivity index (χ0) is 16.7. The largest absolute Gasteiger partial charge is 0.334 e. The van der Waals surface area contributed by atoms with Gasteiger partial charge in [0.05, 0.1) is 11.6 Å². The van der Waals surface area contributed by atoms with Gasteiger partial charge < -0.3 is 4.57 Å². The van der Waals surface area contributed by atoms with Gasteiger partial charge in [-0.05, 0) is 48.2 Å². The molecule has 0 radical (unpaired) electrons. The van der Waals surface area contributed by atoms with Gasteiger partial charge in [0.2, 0.25) is 0 Å². The van der Waals surface area contributed by atoms with Crippen molar-refractivity contribution in [2.75, 3.05) is 0 Å². The van der Waals surface area contributed by atoms with Crippen molar-refractivity contribution in [2.45, 2.75) is 18.8 Å². The molecule has 5 heteroatoms. The first-order chi connectivity index (χ1) is 11.7. The maximum absolute atomic E-state index is 9.25. The van der Waals surface area contributed by atoms with Crippen molar-refractivity contribution in [1.82, 2.24) is 14.5 Å². The highest BCUT2D eigenvalue weighted by Crippen LogP contribution is 2.42. The first-order valence-electron chi connectivity index (χ1n) is 7.85. The van der Waals surface area contributed by atoms with E-state index in [0.717, 1.165) is 28.2 Å². The number of rotatable bonds is 3. The second-order valence-corrected chi connectivity index (χ2v) is 6.50. The molecule has 3 aromatic rings. The number of hydrogen-bond donors (Lipinski definition) is 0. The van der Waals surface area contributed by atoms with E-state index >= 15 is 0 Å². The van der Waals surface area contributed by atoms with Crippen LogP contribution >= 0.6 is 11.6 Å². The minimum Gasteiger partial charge on any atom is -0.334 e. The molecule has 2 aromatic heterocycles. The molecule has 0 spiro atoms. The summed E-state index contributed by atoms with van der Waals surface area (Å²) in [5.74, 6) is 1.35. The van der Waals surface area contributed by atoms with Crippen LogP contribution in [0.2, 0.25) is 5.15 Å². The van der Waals surface area contributed by atoms with Crippen molar-refractivity contribution in [3.8, 4) is 28.6 Å². The molecular weight excluding hydrogens is 320 g/mol. The van der Waals surface area contributed by atoms with Crippen molar-refractivity contribution in [1.29, 1.82) is 5.26 Å². The number of nitriles is 1. The quantitative estimate of drug-likeness (QED) is 0.660. The monoisotopic (exact) mass is 334 g/mol. The minimum atomic E-state index is 0.504. The topological polar surface area (TPSA) is 54.5 Å². The Bertz CT molecular complexity index is 964. The van der Waals surface area contributed by atoms with Crippen molar-refractivity contribution < 1.29 is 0 Å². The van der Waals surface area contributed by atoms with Crippen LogP contribution in [0.15, 0.2) is 42.7 Å². The second kappa shape index (κ2) is 5.77. The Morgan fingerprint density at radius 1 is 1.21 bits per heavy atom. The van der Waals surface area contributed by atoms with Crippen LogP contribution < -0.4 is 0 Å². The molecule has 0 saturated heterocycles. The highest BCUT2D eigenvalue weighted by atomic mass is 35.5. The lowest BCUT2D eigenvalue weighted by Crippen LogP contribution is -1.96. The highest BCUT2D eigenvalue weighted by Gasteiger charge is 2.26. The Morgan fingerprint density at radius 3 is 2.71 bits per heavy atom. The van der Waals surface area contributed by atoms with E-state index in [0.29, 0.717) is 16.6 Å². The summed E-state index contributed by atoms with van der Waals surface area (Å²) in [7, 11) is 1.94. The van der Waals surface area contributed by atoms with E-state index < -0.39 is 0 Å². The SMILES string of the molecule is Cn1ccnc1-c1cc(C#N)ccc1-c1cc(Cl)nc(C2CC2)c1. The first-order valence-corrected chi connectivity index (χ1v) is 8.23. The molecular formula is C19H15ClN4. The lowest BCUT2D eigenvalue weighted by molar-refractivity contribution is 0.925. The third kappa shape index (κ3) is 2.68.